The molecule has 1 aliphatic carbocycles. The molecule has 1 saturated carbocycles. The second kappa shape index (κ2) is 7.62. The lowest BCUT2D eigenvalue weighted by molar-refractivity contribution is 0.642. The van der Waals surface area contributed by atoms with E-state index < -0.39 is 0 Å². The largest absolute Gasteiger partial charge is 0.370 e. The molecule has 1 heterocycles. The van der Waals surface area contributed by atoms with Crippen LogP contribution in [-0.4, -0.2) is 22.6 Å². The van der Waals surface area contributed by atoms with Gasteiger partial charge in [-0.15, -0.1) is 0 Å². The predicted molar refractivity (Wildman–Crippen MR) is 90.1 cm³/mol. The fourth-order valence-electron chi connectivity index (χ4n) is 2.43. The van der Waals surface area contributed by atoms with Gasteiger partial charge in [0.1, 0.15) is 17.5 Å². The molecule has 1 aromatic rings. The number of nitrogens with zero attached hydrogens (tertiary/aromatic N) is 2. The molecule has 1 fully saturated rings. The molecular weight excluding hydrogens is 260 g/mol. The Labute approximate surface area is 129 Å². The van der Waals surface area contributed by atoms with Gasteiger partial charge in [-0.2, -0.15) is 0 Å². The van der Waals surface area contributed by atoms with Gasteiger partial charge in [0.25, 0.3) is 0 Å². The summed E-state index contributed by atoms with van der Waals surface area (Å²) < 4.78 is 0. The van der Waals surface area contributed by atoms with Crippen molar-refractivity contribution < 1.29 is 0 Å². The number of hydrogen-bond acceptors (Lipinski definition) is 4. The molecule has 1 unspecified atom stereocenters. The molecule has 0 saturated heterocycles. The van der Waals surface area contributed by atoms with E-state index in [1.54, 1.807) is 0 Å². The molecule has 4 nitrogen and oxygen atoms in total. The molecule has 0 amide bonds. The van der Waals surface area contributed by atoms with Crippen molar-refractivity contribution in [3.8, 4) is 0 Å². The summed E-state index contributed by atoms with van der Waals surface area (Å²) in [6.07, 6.45) is 7.27. The summed E-state index contributed by atoms with van der Waals surface area (Å²) in [4.78, 5) is 9.53. The third-order valence-corrected chi connectivity index (χ3v) is 4.02. The standard InChI is InChI=1S/C17H30N4/c1-5-7-8-12(3)19-16-13(4)15(18-11-6-2)20-17(21-16)14-9-10-14/h12,14H,5-11H2,1-4H3,(H2,18,19,20,21). The minimum absolute atomic E-state index is 0.463. The molecule has 21 heavy (non-hydrogen) atoms. The van der Waals surface area contributed by atoms with Crippen molar-refractivity contribution in [2.24, 2.45) is 0 Å². The fourth-order valence-corrected chi connectivity index (χ4v) is 2.43. The second-order valence-electron chi connectivity index (χ2n) is 6.29. The molecular formula is C17H30N4. The molecule has 4 heteroatoms. The maximum Gasteiger partial charge on any atom is 0.136 e. The summed E-state index contributed by atoms with van der Waals surface area (Å²) in [6, 6.07) is 0.463. The second-order valence-corrected chi connectivity index (χ2v) is 6.29. The Bertz CT molecular complexity index is 454. The van der Waals surface area contributed by atoms with Crippen molar-refractivity contribution in [2.75, 3.05) is 17.2 Å². The van der Waals surface area contributed by atoms with Crippen LogP contribution in [0, 0.1) is 6.92 Å². The van der Waals surface area contributed by atoms with Gasteiger partial charge in [-0.3, -0.25) is 0 Å². The summed E-state index contributed by atoms with van der Waals surface area (Å²) in [5.74, 6) is 3.64. The highest BCUT2D eigenvalue weighted by molar-refractivity contribution is 5.58. The quantitative estimate of drug-likeness (QED) is 0.704. The van der Waals surface area contributed by atoms with Crippen molar-refractivity contribution in [3.63, 3.8) is 0 Å². The lowest BCUT2D eigenvalue weighted by atomic mass is 10.1. The smallest absolute Gasteiger partial charge is 0.136 e. The molecule has 0 bridgehead atoms. The molecule has 0 spiro atoms. The van der Waals surface area contributed by atoms with Crippen LogP contribution < -0.4 is 10.6 Å². The van der Waals surface area contributed by atoms with Gasteiger partial charge in [0.05, 0.1) is 0 Å². The van der Waals surface area contributed by atoms with Crippen molar-refractivity contribution >= 4 is 11.6 Å². The van der Waals surface area contributed by atoms with Gasteiger partial charge in [0, 0.05) is 24.1 Å². The molecule has 1 atom stereocenters. The molecule has 1 aromatic heterocycles. The van der Waals surface area contributed by atoms with Crippen molar-refractivity contribution in [2.45, 2.75) is 78.2 Å². The van der Waals surface area contributed by atoms with Crippen LogP contribution in [-0.2, 0) is 0 Å². The first-order valence-electron chi connectivity index (χ1n) is 8.54. The Kier molecular flexibility index (Phi) is 5.83. The SMILES string of the molecule is CCCCC(C)Nc1nc(C2CC2)nc(NCCC)c1C. The van der Waals surface area contributed by atoms with Crippen LogP contribution in [0.5, 0.6) is 0 Å². The maximum atomic E-state index is 4.79. The highest BCUT2D eigenvalue weighted by Crippen LogP contribution is 2.39. The van der Waals surface area contributed by atoms with Crippen molar-refractivity contribution in [1.82, 2.24) is 9.97 Å². The Hall–Kier alpha value is -1.32. The van der Waals surface area contributed by atoms with E-state index in [9.17, 15) is 0 Å². The zero-order valence-corrected chi connectivity index (χ0v) is 14.0. The van der Waals surface area contributed by atoms with E-state index in [0.717, 1.165) is 36.0 Å². The monoisotopic (exact) mass is 290 g/mol. The van der Waals surface area contributed by atoms with Crippen molar-refractivity contribution in [3.05, 3.63) is 11.4 Å². The van der Waals surface area contributed by atoms with Gasteiger partial charge in [-0.1, -0.05) is 26.7 Å². The van der Waals surface area contributed by atoms with E-state index in [4.69, 9.17) is 9.97 Å². The Morgan fingerprint density at radius 2 is 1.86 bits per heavy atom. The predicted octanol–water partition coefficient (Wildman–Crippen LogP) is 4.47. The minimum atomic E-state index is 0.463. The van der Waals surface area contributed by atoms with Crippen molar-refractivity contribution in [1.29, 1.82) is 0 Å². The van der Waals surface area contributed by atoms with E-state index >= 15 is 0 Å². The summed E-state index contributed by atoms with van der Waals surface area (Å²) >= 11 is 0. The van der Waals surface area contributed by atoms with E-state index in [2.05, 4.69) is 38.3 Å². The molecule has 118 valence electrons. The average Bonchev–Trinajstić information content (AvgIpc) is 3.30. The van der Waals surface area contributed by atoms with Crippen LogP contribution in [0.25, 0.3) is 0 Å². The maximum absolute atomic E-state index is 4.79. The summed E-state index contributed by atoms with van der Waals surface area (Å²) in [7, 11) is 0. The van der Waals surface area contributed by atoms with Crippen LogP contribution in [0.2, 0.25) is 0 Å². The molecule has 0 radical (unpaired) electrons. The number of unbranched alkanes of at least 4 members (excludes halogenated alkanes) is 1. The fraction of sp³-hybridized carbons (Fsp3) is 0.765. The highest BCUT2D eigenvalue weighted by atomic mass is 15.1. The number of rotatable bonds is 9. The van der Waals surface area contributed by atoms with Gasteiger partial charge in [0.15, 0.2) is 0 Å². The number of hydrogen-bond donors (Lipinski definition) is 2. The van der Waals surface area contributed by atoms with Crippen LogP contribution in [0.4, 0.5) is 11.6 Å². The van der Waals surface area contributed by atoms with E-state index in [1.807, 2.05) is 0 Å². The third kappa shape index (κ3) is 4.58. The first-order chi connectivity index (χ1) is 10.2. The molecule has 2 N–H and O–H groups in total. The van der Waals surface area contributed by atoms with Crippen LogP contribution in [0.3, 0.4) is 0 Å². The third-order valence-electron chi connectivity index (χ3n) is 4.02. The highest BCUT2D eigenvalue weighted by Gasteiger charge is 2.28. The van der Waals surface area contributed by atoms with Crippen LogP contribution in [0.1, 0.15) is 76.6 Å². The molecule has 2 rings (SSSR count). The molecule has 0 aromatic carbocycles. The topological polar surface area (TPSA) is 49.8 Å². The number of aromatic nitrogens is 2. The minimum Gasteiger partial charge on any atom is -0.370 e. The summed E-state index contributed by atoms with van der Waals surface area (Å²) in [6.45, 7) is 9.74. The van der Waals surface area contributed by atoms with Crippen LogP contribution >= 0.6 is 0 Å². The van der Waals surface area contributed by atoms with E-state index in [-0.39, 0.29) is 0 Å². The van der Waals surface area contributed by atoms with Gasteiger partial charge in [-0.25, -0.2) is 9.97 Å². The molecule has 1 aliphatic rings. The molecule has 0 aliphatic heterocycles. The van der Waals surface area contributed by atoms with Gasteiger partial charge in [0.2, 0.25) is 0 Å². The normalized spacial score (nSPS) is 15.8. The Balaban J connectivity index is 2.15. The Morgan fingerprint density at radius 1 is 1.14 bits per heavy atom. The first-order valence-corrected chi connectivity index (χ1v) is 8.54. The number of nitrogens with one attached hydrogen (secondary N) is 2. The first kappa shape index (κ1) is 16.1. The lowest BCUT2D eigenvalue weighted by Crippen LogP contribution is -2.19. The van der Waals surface area contributed by atoms with E-state index in [1.165, 1.54) is 32.1 Å². The average molecular weight is 290 g/mol. The van der Waals surface area contributed by atoms with Gasteiger partial charge >= 0.3 is 0 Å². The van der Waals surface area contributed by atoms with Gasteiger partial charge in [-0.05, 0) is 39.5 Å². The summed E-state index contributed by atoms with van der Waals surface area (Å²) in [5, 5.41) is 7.05. The zero-order valence-electron chi connectivity index (χ0n) is 14.0. The van der Waals surface area contributed by atoms with E-state index in [0.29, 0.717) is 12.0 Å². The van der Waals surface area contributed by atoms with Gasteiger partial charge < -0.3 is 10.6 Å². The zero-order chi connectivity index (χ0) is 15.2. The Morgan fingerprint density at radius 3 is 2.48 bits per heavy atom. The lowest BCUT2D eigenvalue weighted by Gasteiger charge is -2.19. The number of anilines is 2. The van der Waals surface area contributed by atoms with Crippen LogP contribution in [0.15, 0.2) is 0 Å². The summed E-state index contributed by atoms with van der Waals surface area (Å²) in [5.41, 5.74) is 1.15.